The van der Waals surface area contributed by atoms with E-state index in [1.54, 1.807) is 11.8 Å². The fourth-order valence-electron chi connectivity index (χ4n) is 3.18. The highest BCUT2D eigenvalue weighted by atomic mass is 32.2. The molecule has 0 saturated carbocycles. The number of nitrogens with one attached hydrogen (secondary N) is 1. The Morgan fingerprint density at radius 3 is 2.41 bits per heavy atom. The minimum atomic E-state index is -3.61. The summed E-state index contributed by atoms with van der Waals surface area (Å²) >= 11 is 1.66. The van der Waals surface area contributed by atoms with E-state index in [9.17, 15) is 13.2 Å². The number of morpholine rings is 1. The summed E-state index contributed by atoms with van der Waals surface area (Å²) in [6, 6.07) is 13.7. The van der Waals surface area contributed by atoms with Crippen molar-refractivity contribution >= 4 is 33.7 Å². The van der Waals surface area contributed by atoms with Gasteiger partial charge in [-0.3, -0.25) is 10.1 Å². The van der Waals surface area contributed by atoms with Gasteiger partial charge in [-0.25, -0.2) is 8.42 Å². The van der Waals surface area contributed by atoms with Crippen molar-refractivity contribution in [3.05, 3.63) is 65.5 Å². The van der Waals surface area contributed by atoms with Crippen LogP contribution in [0.1, 0.15) is 21.8 Å². The number of nitrogens with zero attached hydrogens (tertiary/aromatic N) is 3. The van der Waals surface area contributed by atoms with E-state index in [-0.39, 0.29) is 16.5 Å². The van der Waals surface area contributed by atoms with Gasteiger partial charge in [0.15, 0.2) is 0 Å². The Hall–Kier alpha value is -2.73. The smallest absolute Gasteiger partial charge is 0.322 e. The van der Waals surface area contributed by atoms with Crippen molar-refractivity contribution in [1.29, 1.82) is 0 Å². The second kappa shape index (κ2) is 9.82. The van der Waals surface area contributed by atoms with Crippen LogP contribution in [0.25, 0.3) is 0 Å². The van der Waals surface area contributed by atoms with E-state index in [1.807, 2.05) is 30.5 Å². The quantitative estimate of drug-likeness (QED) is 0.520. The molecule has 1 saturated heterocycles. The number of sulfonamides is 1. The Labute approximate surface area is 190 Å². The molecule has 4 rings (SSSR count). The predicted molar refractivity (Wildman–Crippen MR) is 119 cm³/mol. The Kier molecular flexibility index (Phi) is 6.89. The van der Waals surface area contributed by atoms with E-state index in [4.69, 9.17) is 9.15 Å². The Morgan fingerprint density at radius 1 is 1.06 bits per heavy atom. The molecule has 1 aliphatic heterocycles. The fourth-order valence-corrected chi connectivity index (χ4v) is 4.99. The van der Waals surface area contributed by atoms with Gasteiger partial charge in [0.1, 0.15) is 0 Å². The van der Waals surface area contributed by atoms with Crippen LogP contribution in [0.2, 0.25) is 0 Å². The molecule has 1 aromatic heterocycles. The summed E-state index contributed by atoms with van der Waals surface area (Å²) in [5, 5.41) is 10.4. The van der Waals surface area contributed by atoms with E-state index < -0.39 is 15.9 Å². The molecule has 1 aliphatic rings. The second-order valence-electron chi connectivity index (χ2n) is 7.02. The van der Waals surface area contributed by atoms with Crippen LogP contribution >= 0.6 is 11.8 Å². The fraction of sp³-hybridized carbons (Fsp3) is 0.286. The number of anilines is 1. The lowest BCUT2D eigenvalue weighted by atomic mass is 10.1. The molecular weight excluding hydrogens is 452 g/mol. The summed E-state index contributed by atoms with van der Waals surface area (Å²) < 4.78 is 37.5. The minimum absolute atomic E-state index is 0.0178. The van der Waals surface area contributed by atoms with Gasteiger partial charge in [-0.15, -0.1) is 16.9 Å². The molecule has 0 bridgehead atoms. The summed E-state index contributed by atoms with van der Waals surface area (Å²) in [5.41, 5.74) is 1.29. The van der Waals surface area contributed by atoms with E-state index in [0.29, 0.717) is 38.6 Å². The van der Waals surface area contributed by atoms with Crippen LogP contribution in [-0.4, -0.2) is 61.4 Å². The molecule has 0 aliphatic carbocycles. The largest absolute Gasteiger partial charge is 0.407 e. The molecule has 1 N–H and O–H groups in total. The van der Waals surface area contributed by atoms with E-state index in [0.717, 1.165) is 10.5 Å². The molecule has 2 aromatic carbocycles. The SMILES string of the molecule is CSc1ccc(Cc2nnc(NC(=O)c3ccc(S(=O)(=O)N4CCOCC4)cc3)o2)cc1. The molecule has 1 fully saturated rings. The third kappa shape index (κ3) is 5.18. The maximum Gasteiger partial charge on any atom is 0.322 e. The van der Waals surface area contributed by atoms with Crippen LogP contribution in [0.5, 0.6) is 0 Å². The van der Waals surface area contributed by atoms with Crippen molar-refractivity contribution in [3.63, 3.8) is 0 Å². The van der Waals surface area contributed by atoms with Crippen LogP contribution in [-0.2, 0) is 21.2 Å². The predicted octanol–water partition coefficient (Wildman–Crippen LogP) is 2.66. The molecule has 168 valence electrons. The average Bonchev–Trinajstić information content (AvgIpc) is 3.26. The first kappa shape index (κ1) is 22.5. The number of carbonyl (C=O) groups is 1. The van der Waals surface area contributed by atoms with Gasteiger partial charge in [0.2, 0.25) is 15.9 Å². The van der Waals surface area contributed by atoms with Gasteiger partial charge in [0, 0.05) is 23.5 Å². The summed E-state index contributed by atoms with van der Waals surface area (Å²) in [6.45, 7) is 1.36. The zero-order valence-electron chi connectivity index (χ0n) is 17.4. The first-order chi connectivity index (χ1) is 15.5. The van der Waals surface area contributed by atoms with Crippen molar-refractivity contribution < 1.29 is 22.4 Å². The van der Waals surface area contributed by atoms with Crippen LogP contribution in [0.3, 0.4) is 0 Å². The molecule has 32 heavy (non-hydrogen) atoms. The standard InChI is InChI=1S/C21H22N4O5S2/c1-31-17-6-2-15(3-7-17)14-19-23-24-21(30-19)22-20(26)16-4-8-18(9-5-16)32(27,28)25-10-12-29-13-11-25/h2-9H,10-14H2,1H3,(H,22,24,26). The zero-order chi connectivity index (χ0) is 22.6. The first-order valence-electron chi connectivity index (χ1n) is 9.90. The average molecular weight is 475 g/mol. The van der Waals surface area contributed by atoms with E-state index >= 15 is 0 Å². The van der Waals surface area contributed by atoms with Crippen LogP contribution in [0.4, 0.5) is 6.01 Å². The molecule has 1 amide bonds. The van der Waals surface area contributed by atoms with Gasteiger partial charge < -0.3 is 9.15 Å². The summed E-state index contributed by atoms with van der Waals surface area (Å²) in [5.74, 6) is -0.0935. The summed E-state index contributed by atoms with van der Waals surface area (Å²) in [7, 11) is -3.61. The van der Waals surface area contributed by atoms with Gasteiger partial charge >= 0.3 is 6.01 Å². The highest BCUT2D eigenvalue weighted by molar-refractivity contribution is 7.98. The van der Waals surface area contributed by atoms with Crippen molar-refractivity contribution in [2.75, 3.05) is 37.9 Å². The van der Waals surface area contributed by atoms with E-state index in [2.05, 4.69) is 15.5 Å². The first-order valence-corrected chi connectivity index (χ1v) is 12.6. The van der Waals surface area contributed by atoms with Gasteiger partial charge in [-0.05, 0) is 48.2 Å². The highest BCUT2D eigenvalue weighted by Crippen LogP contribution is 2.19. The van der Waals surface area contributed by atoms with Crippen LogP contribution in [0.15, 0.2) is 62.7 Å². The van der Waals surface area contributed by atoms with Gasteiger partial charge in [0.25, 0.3) is 5.91 Å². The Morgan fingerprint density at radius 2 is 1.75 bits per heavy atom. The zero-order valence-corrected chi connectivity index (χ0v) is 19.0. The highest BCUT2D eigenvalue weighted by Gasteiger charge is 2.26. The number of hydrogen-bond donors (Lipinski definition) is 1. The van der Waals surface area contributed by atoms with Crippen molar-refractivity contribution in [2.24, 2.45) is 0 Å². The van der Waals surface area contributed by atoms with E-state index in [1.165, 1.54) is 28.6 Å². The normalized spacial score (nSPS) is 14.9. The number of carbonyl (C=O) groups excluding carboxylic acids is 1. The molecule has 2 heterocycles. The molecule has 0 unspecified atom stereocenters. The Bertz CT molecular complexity index is 1170. The number of rotatable bonds is 7. The number of aromatic nitrogens is 2. The second-order valence-corrected chi connectivity index (χ2v) is 9.84. The lowest BCUT2D eigenvalue weighted by molar-refractivity contribution is 0.0730. The van der Waals surface area contributed by atoms with Crippen molar-refractivity contribution in [2.45, 2.75) is 16.2 Å². The molecular formula is C21H22N4O5S2. The summed E-state index contributed by atoms with van der Waals surface area (Å²) in [6.07, 6.45) is 2.46. The maximum atomic E-state index is 12.7. The molecule has 0 radical (unpaired) electrons. The molecule has 0 atom stereocenters. The lowest BCUT2D eigenvalue weighted by Gasteiger charge is -2.26. The monoisotopic (exact) mass is 474 g/mol. The number of thioether (sulfide) groups is 1. The van der Waals surface area contributed by atoms with Crippen molar-refractivity contribution in [1.82, 2.24) is 14.5 Å². The lowest BCUT2D eigenvalue weighted by Crippen LogP contribution is -2.40. The number of hydrogen-bond acceptors (Lipinski definition) is 8. The summed E-state index contributed by atoms with van der Waals surface area (Å²) in [4.78, 5) is 13.8. The van der Waals surface area contributed by atoms with Crippen LogP contribution in [0, 0.1) is 0 Å². The van der Waals surface area contributed by atoms with Gasteiger partial charge in [-0.2, -0.15) is 4.31 Å². The third-order valence-electron chi connectivity index (χ3n) is 4.93. The Balaban J connectivity index is 1.38. The molecule has 3 aromatic rings. The topological polar surface area (TPSA) is 115 Å². The van der Waals surface area contributed by atoms with Gasteiger partial charge in [-0.1, -0.05) is 17.2 Å². The number of benzene rings is 2. The number of ether oxygens (including phenoxy) is 1. The third-order valence-corrected chi connectivity index (χ3v) is 7.58. The minimum Gasteiger partial charge on any atom is -0.407 e. The molecule has 0 spiro atoms. The van der Waals surface area contributed by atoms with Crippen molar-refractivity contribution in [3.8, 4) is 0 Å². The van der Waals surface area contributed by atoms with Gasteiger partial charge in [0.05, 0.1) is 24.5 Å². The van der Waals surface area contributed by atoms with Crippen LogP contribution < -0.4 is 5.32 Å². The molecule has 11 heteroatoms. The maximum absolute atomic E-state index is 12.7. The number of amides is 1. The molecule has 9 nitrogen and oxygen atoms in total.